The fourth-order valence-corrected chi connectivity index (χ4v) is 3.29. The molecule has 3 rings (SSSR count). The van der Waals surface area contributed by atoms with Crippen LogP contribution in [0.15, 0.2) is 24.3 Å². The third-order valence-electron chi connectivity index (χ3n) is 2.71. The first kappa shape index (κ1) is 7.51. The number of benzene rings is 1. The van der Waals surface area contributed by atoms with Gasteiger partial charge in [-0.1, -0.05) is 23.5 Å². The molecule has 0 fully saturated rings. The third-order valence-corrected chi connectivity index (χ3v) is 3.93. The molecule has 2 heteroatoms. The molecule has 0 bridgehead atoms. The molecule has 0 amide bonds. The number of rotatable bonds is 0. The maximum Gasteiger partial charge on any atom is 0.238 e. The lowest BCUT2D eigenvalue weighted by Gasteiger charge is -2.03. The Morgan fingerprint density at radius 1 is 1.15 bits per heavy atom. The fourth-order valence-electron chi connectivity index (χ4n) is 2.06. The fraction of sp³-hybridized carbons (Fsp3) is 0.364. The molecule has 0 unspecified atom stereocenters. The van der Waals surface area contributed by atoms with Crippen LogP contribution in [0.2, 0.25) is 0 Å². The van der Waals surface area contributed by atoms with Gasteiger partial charge in [-0.05, 0) is 12.5 Å². The van der Waals surface area contributed by atoms with Gasteiger partial charge >= 0.3 is 0 Å². The zero-order valence-corrected chi connectivity index (χ0v) is 8.31. The van der Waals surface area contributed by atoms with E-state index in [4.69, 9.17) is 0 Å². The summed E-state index contributed by atoms with van der Waals surface area (Å²) in [5, 5.41) is 1.56. The highest BCUT2D eigenvalue weighted by molar-refractivity contribution is 7.18. The van der Waals surface area contributed by atoms with Crippen LogP contribution in [0, 0.1) is 0 Å². The van der Waals surface area contributed by atoms with Crippen LogP contribution in [-0.4, -0.2) is 0 Å². The number of fused-ring (bicyclic) bond motifs is 3. The van der Waals surface area contributed by atoms with Gasteiger partial charge in [0, 0.05) is 18.9 Å². The monoisotopic (exact) mass is 190 g/mol. The number of hydrogen-bond acceptors (Lipinski definition) is 1. The van der Waals surface area contributed by atoms with Gasteiger partial charge in [0.2, 0.25) is 10.5 Å². The molecule has 1 aliphatic heterocycles. The molecule has 0 atom stereocenters. The largest absolute Gasteiger partial charge is 0.238 e. The predicted octanol–water partition coefficient (Wildman–Crippen LogP) is 2.53. The number of nitrogens with zero attached hydrogens (tertiary/aromatic N) is 1. The molecular weight excluding hydrogens is 178 g/mol. The molecule has 2 heterocycles. The van der Waals surface area contributed by atoms with E-state index in [0.717, 1.165) is 0 Å². The minimum Gasteiger partial charge on any atom is -0.186 e. The van der Waals surface area contributed by atoms with E-state index >= 15 is 0 Å². The van der Waals surface area contributed by atoms with Crippen LogP contribution in [-0.2, 0) is 13.0 Å². The highest BCUT2D eigenvalue weighted by atomic mass is 32.1. The SMILES string of the molecule is c1ccc2c(c1)sc1[n+]2CCCC1. The lowest BCUT2D eigenvalue weighted by Crippen LogP contribution is -2.39. The first-order valence-electron chi connectivity index (χ1n) is 4.85. The van der Waals surface area contributed by atoms with Crippen molar-refractivity contribution in [1.29, 1.82) is 0 Å². The highest BCUT2D eigenvalue weighted by Gasteiger charge is 2.22. The van der Waals surface area contributed by atoms with E-state index in [0.29, 0.717) is 0 Å². The van der Waals surface area contributed by atoms with Crippen molar-refractivity contribution >= 4 is 21.6 Å². The van der Waals surface area contributed by atoms with Crippen molar-refractivity contribution in [2.75, 3.05) is 0 Å². The first-order chi connectivity index (χ1) is 6.45. The average molecular weight is 190 g/mol. The second-order valence-electron chi connectivity index (χ2n) is 3.57. The van der Waals surface area contributed by atoms with Crippen molar-refractivity contribution < 1.29 is 4.57 Å². The molecule has 0 spiro atoms. The number of hydrogen-bond donors (Lipinski definition) is 0. The minimum atomic E-state index is 1.22. The van der Waals surface area contributed by atoms with E-state index in [-0.39, 0.29) is 0 Å². The molecule has 0 saturated heterocycles. The summed E-state index contributed by atoms with van der Waals surface area (Å²) < 4.78 is 3.93. The number of aromatic nitrogens is 1. The molecule has 1 aliphatic rings. The Morgan fingerprint density at radius 3 is 3.08 bits per heavy atom. The van der Waals surface area contributed by atoms with Gasteiger partial charge in [-0.3, -0.25) is 0 Å². The van der Waals surface area contributed by atoms with E-state index < -0.39 is 0 Å². The molecule has 0 N–H and O–H groups in total. The van der Waals surface area contributed by atoms with Crippen LogP contribution in [0.4, 0.5) is 0 Å². The summed E-state index contributed by atoms with van der Waals surface area (Å²) in [5.74, 6) is 0. The quantitative estimate of drug-likeness (QED) is 0.562. The topological polar surface area (TPSA) is 3.88 Å². The molecule has 1 aromatic heterocycles. The summed E-state index contributed by atoms with van der Waals surface area (Å²) in [6.07, 6.45) is 3.99. The number of para-hydroxylation sites is 1. The van der Waals surface area contributed by atoms with Crippen LogP contribution in [0.3, 0.4) is 0 Å². The Balaban J connectivity index is 2.34. The van der Waals surface area contributed by atoms with Crippen LogP contribution >= 0.6 is 11.3 Å². The van der Waals surface area contributed by atoms with Crippen molar-refractivity contribution in [2.45, 2.75) is 25.8 Å². The van der Waals surface area contributed by atoms with Crippen molar-refractivity contribution in [2.24, 2.45) is 0 Å². The van der Waals surface area contributed by atoms with Gasteiger partial charge in [-0.15, -0.1) is 0 Å². The van der Waals surface area contributed by atoms with E-state index in [1.165, 1.54) is 36.0 Å². The molecule has 66 valence electrons. The van der Waals surface area contributed by atoms with Crippen molar-refractivity contribution in [3.63, 3.8) is 0 Å². The van der Waals surface area contributed by atoms with Crippen molar-refractivity contribution in [3.05, 3.63) is 29.3 Å². The van der Waals surface area contributed by atoms with Gasteiger partial charge < -0.3 is 0 Å². The summed E-state index contributed by atoms with van der Waals surface area (Å²) in [6.45, 7) is 1.22. The van der Waals surface area contributed by atoms with Crippen LogP contribution in [0.1, 0.15) is 17.8 Å². The van der Waals surface area contributed by atoms with Crippen LogP contribution in [0.25, 0.3) is 10.2 Å². The standard InChI is InChI=1S/C11H12NS/c1-2-6-10-9(5-1)12-8-4-3-7-11(12)13-10/h1-2,5-6H,3-4,7-8H2/q+1. The smallest absolute Gasteiger partial charge is 0.186 e. The Hall–Kier alpha value is -0.890. The zero-order chi connectivity index (χ0) is 8.67. The highest BCUT2D eigenvalue weighted by Crippen LogP contribution is 2.23. The molecule has 0 aliphatic carbocycles. The lowest BCUT2D eigenvalue weighted by atomic mass is 10.2. The molecule has 0 saturated carbocycles. The minimum absolute atomic E-state index is 1.22. The van der Waals surface area contributed by atoms with Gasteiger partial charge in [0.1, 0.15) is 11.2 Å². The van der Waals surface area contributed by atoms with Crippen LogP contribution < -0.4 is 4.57 Å². The van der Waals surface area contributed by atoms with E-state index in [9.17, 15) is 0 Å². The van der Waals surface area contributed by atoms with Crippen LogP contribution in [0.5, 0.6) is 0 Å². The summed E-state index contributed by atoms with van der Waals surface area (Å²) in [7, 11) is 0. The van der Waals surface area contributed by atoms with Gasteiger partial charge in [0.05, 0.1) is 0 Å². The second kappa shape index (κ2) is 2.81. The Labute approximate surface area is 81.6 Å². The van der Waals surface area contributed by atoms with Gasteiger partial charge in [-0.2, -0.15) is 4.57 Å². The van der Waals surface area contributed by atoms with Gasteiger partial charge in [-0.25, -0.2) is 0 Å². The summed E-state index contributed by atoms with van der Waals surface area (Å²) in [4.78, 5) is 0. The second-order valence-corrected chi connectivity index (χ2v) is 4.69. The van der Waals surface area contributed by atoms with Crippen molar-refractivity contribution in [3.8, 4) is 0 Å². The van der Waals surface area contributed by atoms with E-state index in [1.807, 2.05) is 11.3 Å². The number of aryl methyl sites for hydroxylation is 2. The maximum atomic E-state index is 2.49. The molecule has 13 heavy (non-hydrogen) atoms. The Kier molecular flexibility index (Phi) is 1.62. The Bertz CT molecular complexity index is 444. The maximum absolute atomic E-state index is 2.49. The molecule has 2 aromatic rings. The normalized spacial score (nSPS) is 16.0. The summed E-state index contributed by atoms with van der Waals surface area (Å²) >= 11 is 1.96. The summed E-state index contributed by atoms with van der Waals surface area (Å²) in [6, 6.07) is 8.73. The van der Waals surface area contributed by atoms with Crippen molar-refractivity contribution in [1.82, 2.24) is 0 Å². The number of thiazole rings is 1. The van der Waals surface area contributed by atoms with Gasteiger partial charge in [0.25, 0.3) is 0 Å². The van der Waals surface area contributed by atoms with E-state index in [1.54, 1.807) is 5.01 Å². The van der Waals surface area contributed by atoms with E-state index in [2.05, 4.69) is 28.8 Å². The predicted molar refractivity (Wildman–Crippen MR) is 55.0 cm³/mol. The summed E-state index contributed by atoms with van der Waals surface area (Å²) in [5.41, 5.74) is 1.43. The average Bonchev–Trinajstić information content (AvgIpc) is 2.56. The molecule has 0 radical (unpaired) electrons. The van der Waals surface area contributed by atoms with Gasteiger partial charge in [0.15, 0.2) is 0 Å². The Morgan fingerprint density at radius 2 is 2.08 bits per heavy atom. The first-order valence-corrected chi connectivity index (χ1v) is 5.67. The molecule has 1 nitrogen and oxygen atoms in total. The lowest BCUT2D eigenvalue weighted by molar-refractivity contribution is -0.679. The zero-order valence-electron chi connectivity index (χ0n) is 7.49. The molecular formula is C11H12NS+. The molecule has 1 aromatic carbocycles. The third kappa shape index (κ3) is 1.09.